The second kappa shape index (κ2) is 8.83. The van der Waals surface area contributed by atoms with E-state index < -0.39 is 6.04 Å². The van der Waals surface area contributed by atoms with Crippen molar-refractivity contribution in [3.8, 4) is 5.69 Å². The van der Waals surface area contributed by atoms with Crippen LogP contribution in [-0.2, 0) is 9.53 Å². The average molecular weight is 413 g/mol. The molecule has 0 fully saturated rings. The molecule has 31 heavy (non-hydrogen) atoms. The minimum absolute atomic E-state index is 0.0599. The highest BCUT2D eigenvalue weighted by Crippen LogP contribution is 2.21. The van der Waals surface area contributed by atoms with Gasteiger partial charge in [-0.25, -0.2) is 4.98 Å². The average Bonchev–Trinajstić information content (AvgIpc) is 3.23. The fraction of sp³-hybridized carbons (Fsp3) is 0.160. The fourth-order valence-corrected chi connectivity index (χ4v) is 3.48. The first-order valence-electron chi connectivity index (χ1n) is 10.0. The molecule has 6 heteroatoms. The maximum absolute atomic E-state index is 12.9. The number of rotatable bonds is 6. The van der Waals surface area contributed by atoms with Gasteiger partial charge in [-0.05, 0) is 48.9 Å². The third-order valence-corrected chi connectivity index (χ3v) is 5.24. The lowest BCUT2D eigenvalue weighted by atomic mass is 10.0. The third kappa shape index (κ3) is 4.48. The summed E-state index contributed by atoms with van der Waals surface area (Å²) in [5.41, 5.74) is 5.29. The van der Waals surface area contributed by atoms with Crippen LogP contribution >= 0.6 is 0 Å². The number of methoxy groups -OCH3 is 1. The van der Waals surface area contributed by atoms with Crippen LogP contribution in [-0.4, -0.2) is 28.5 Å². The van der Waals surface area contributed by atoms with E-state index in [9.17, 15) is 9.59 Å². The molecular weight excluding hydrogens is 390 g/mol. The molecule has 6 nitrogen and oxygen atoms in total. The number of amides is 1. The molecule has 1 heterocycles. The molecule has 0 bridgehead atoms. The number of para-hydroxylation sites is 2. The van der Waals surface area contributed by atoms with Crippen LogP contribution in [0.15, 0.2) is 79.1 Å². The van der Waals surface area contributed by atoms with E-state index in [1.165, 1.54) is 7.11 Å². The van der Waals surface area contributed by atoms with Crippen LogP contribution in [0.3, 0.4) is 0 Å². The van der Waals surface area contributed by atoms with Crippen molar-refractivity contribution in [2.45, 2.75) is 19.4 Å². The van der Waals surface area contributed by atoms with Crippen molar-refractivity contribution in [1.29, 1.82) is 0 Å². The second-order valence-electron chi connectivity index (χ2n) is 7.37. The Hall–Kier alpha value is -3.93. The lowest BCUT2D eigenvalue weighted by Crippen LogP contribution is -2.30. The zero-order valence-electron chi connectivity index (χ0n) is 17.4. The molecule has 0 aliphatic rings. The van der Waals surface area contributed by atoms with E-state index in [-0.39, 0.29) is 18.3 Å². The van der Waals surface area contributed by atoms with Crippen LogP contribution in [0.25, 0.3) is 16.7 Å². The Morgan fingerprint density at radius 2 is 1.71 bits per heavy atom. The van der Waals surface area contributed by atoms with E-state index in [0.717, 1.165) is 27.8 Å². The molecule has 0 aliphatic carbocycles. The molecule has 1 atom stereocenters. The van der Waals surface area contributed by atoms with Gasteiger partial charge < -0.3 is 10.1 Å². The van der Waals surface area contributed by atoms with Gasteiger partial charge in [0.05, 0.1) is 30.6 Å². The minimum Gasteiger partial charge on any atom is -0.469 e. The lowest BCUT2D eigenvalue weighted by molar-refractivity contribution is -0.141. The molecule has 0 saturated heterocycles. The number of hydrogen-bond acceptors (Lipinski definition) is 4. The third-order valence-electron chi connectivity index (χ3n) is 5.24. The number of ether oxygens (including phenoxy) is 1. The van der Waals surface area contributed by atoms with Crippen molar-refractivity contribution >= 4 is 22.9 Å². The van der Waals surface area contributed by atoms with Gasteiger partial charge in [-0.15, -0.1) is 0 Å². The summed E-state index contributed by atoms with van der Waals surface area (Å²) in [7, 11) is 1.34. The molecular formula is C25H23N3O3. The molecule has 1 N–H and O–H groups in total. The highest BCUT2D eigenvalue weighted by molar-refractivity contribution is 5.95. The number of nitrogens with zero attached hydrogens (tertiary/aromatic N) is 2. The Bertz CT molecular complexity index is 1210. The number of benzene rings is 3. The number of aryl methyl sites for hydroxylation is 1. The van der Waals surface area contributed by atoms with Crippen molar-refractivity contribution in [1.82, 2.24) is 14.9 Å². The topological polar surface area (TPSA) is 73.2 Å². The van der Waals surface area contributed by atoms with Crippen LogP contribution in [0.5, 0.6) is 0 Å². The molecule has 1 aromatic heterocycles. The lowest BCUT2D eigenvalue weighted by Gasteiger charge is -2.18. The normalized spacial score (nSPS) is 11.8. The first-order valence-corrected chi connectivity index (χ1v) is 10.0. The Morgan fingerprint density at radius 1 is 1.00 bits per heavy atom. The zero-order valence-corrected chi connectivity index (χ0v) is 17.4. The molecule has 156 valence electrons. The standard InChI is InChI=1S/C25H23N3O3/c1-17-7-9-18(10-8-17)22(15-24(29)31-2)27-25(30)19-11-13-20(14-12-19)28-16-26-21-5-3-4-6-23(21)28/h3-14,16,22H,15H2,1-2H3,(H,27,30). The predicted molar refractivity (Wildman–Crippen MR) is 119 cm³/mol. The summed E-state index contributed by atoms with van der Waals surface area (Å²) in [6, 6.07) is 22.4. The molecule has 0 spiro atoms. The molecule has 0 aliphatic heterocycles. The monoisotopic (exact) mass is 413 g/mol. The smallest absolute Gasteiger partial charge is 0.307 e. The van der Waals surface area contributed by atoms with Crippen molar-refractivity contribution in [3.63, 3.8) is 0 Å². The SMILES string of the molecule is COC(=O)CC(NC(=O)c1ccc(-n2cnc3ccccc32)cc1)c1ccc(C)cc1. The zero-order chi connectivity index (χ0) is 21.8. The van der Waals surface area contributed by atoms with Crippen molar-refractivity contribution in [2.24, 2.45) is 0 Å². The van der Waals surface area contributed by atoms with Gasteiger partial charge in [-0.3, -0.25) is 14.2 Å². The van der Waals surface area contributed by atoms with Crippen LogP contribution in [0.1, 0.15) is 33.9 Å². The van der Waals surface area contributed by atoms with Gasteiger partial charge in [-0.2, -0.15) is 0 Å². The summed E-state index contributed by atoms with van der Waals surface area (Å²) in [4.78, 5) is 29.2. The maximum Gasteiger partial charge on any atom is 0.307 e. The molecule has 1 unspecified atom stereocenters. The molecule has 0 radical (unpaired) electrons. The van der Waals surface area contributed by atoms with E-state index in [1.807, 2.05) is 72.2 Å². The van der Waals surface area contributed by atoms with Gasteiger partial charge in [-0.1, -0.05) is 42.0 Å². The summed E-state index contributed by atoms with van der Waals surface area (Å²) in [5, 5.41) is 2.96. The number of carbonyl (C=O) groups excluding carboxylic acids is 2. The van der Waals surface area contributed by atoms with Gasteiger partial charge in [0.25, 0.3) is 5.91 Å². The molecule has 3 aromatic carbocycles. The molecule has 0 saturated carbocycles. The maximum atomic E-state index is 12.9. The van der Waals surface area contributed by atoms with Crippen LogP contribution in [0, 0.1) is 6.92 Å². The number of aromatic nitrogens is 2. The Labute approximate surface area is 180 Å². The van der Waals surface area contributed by atoms with Crippen molar-refractivity contribution in [3.05, 3.63) is 95.8 Å². The van der Waals surface area contributed by atoms with E-state index in [0.29, 0.717) is 5.56 Å². The first-order chi connectivity index (χ1) is 15.0. The number of hydrogen-bond donors (Lipinski definition) is 1. The molecule has 1 amide bonds. The first kappa shape index (κ1) is 20.3. The number of carbonyl (C=O) groups is 2. The van der Waals surface area contributed by atoms with Gasteiger partial charge in [0, 0.05) is 11.3 Å². The molecule has 4 aromatic rings. The number of fused-ring (bicyclic) bond motifs is 1. The largest absolute Gasteiger partial charge is 0.469 e. The van der Waals surface area contributed by atoms with Crippen LogP contribution < -0.4 is 5.32 Å². The second-order valence-corrected chi connectivity index (χ2v) is 7.37. The van der Waals surface area contributed by atoms with E-state index in [4.69, 9.17) is 4.74 Å². The summed E-state index contributed by atoms with van der Waals surface area (Å²) in [6.45, 7) is 1.99. The van der Waals surface area contributed by atoms with Gasteiger partial charge in [0.1, 0.15) is 6.33 Å². The summed E-state index contributed by atoms with van der Waals surface area (Å²) in [6.07, 6.45) is 1.83. The van der Waals surface area contributed by atoms with Gasteiger partial charge >= 0.3 is 5.97 Å². The Kier molecular flexibility index (Phi) is 5.80. The Balaban J connectivity index is 1.54. The number of esters is 1. The van der Waals surface area contributed by atoms with Crippen LogP contribution in [0.2, 0.25) is 0 Å². The number of nitrogens with one attached hydrogen (secondary N) is 1. The minimum atomic E-state index is -0.474. The quantitative estimate of drug-likeness (QED) is 0.477. The fourth-order valence-electron chi connectivity index (χ4n) is 3.48. The van der Waals surface area contributed by atoms with Crippen molar-refractivity contribution in [2.75, 3.05) is 7.11 Å². The summed E-state index contributed by atoms with van der Waals surface area (Å²) in [5.74, 6) is -0.635. The highest BCUT2D eigenvalue weighted by atomic mass is 16.5. The van der Waals surface area contributed by atoms with E-state index >= 15 is 0 Å². The predicted octanol–water partition coefficient (Wildman–Crippen LogP) is 4.37. The van der Waals surface area contributed by atoms with Crippen molar-refractivity contribution < 1.29 is 14.3 Å². The summed E-state index contributed by atoms with van der Waals surface area (Å²) < 4.78 is 6.78. The van der Waals surface area contributed by atoms with Gasteiger partial charge in [0.15, 0.2) is 0 Å². The molecule has 4 rings (SSSR count). The van der Waals surface area contributed by atoms with Gasteiger partial charge in [0.2, 0.25) is 0 Å². The summed E-state index contributed by atoms with van der Waals surface area (Å²) >= 11 is 0. The van der Waals surface area contributed by atoms with Crippen LogP contribution in [0.4, 0.5) is 0 Å². The number of imidazole rings is 1. The Morgan fingerprint density at radius 3 is 2.42 bits per heavy atom. The van der Waals surface area contributed by atoms with E-state index in [1.54, 1.807) is 18.5 Å². The highest BCUT2D eigenvalue weighted by Gasteiger charge is 2.20. The van der Waals surface area contributed by atoms with E-state index in [2.05, 4.69) is 10.3 Å².